The Hall–Kier alpha value is -2.55. The van der Waals surface area contributed by atoms with Crippen molar-refractivity contribution in [1.82, 2.24) is 0 Å². The normalized spacial score (nSPS) is 11.8. The zero-order chi connectivity index (χ0) is 17.5. The molecule has 1 amide bonds. The number of nitriles is 1. The Morgan fingerprint density at radius 2 is 2.04 bits per heavy atom. The van der Waals surface area contributed by atoms with Gasteiger partial charge in [0.1, 0.15) is 6.07 Å². The van der Waals surface area contributed by atoms with Gasteiger partial charge < -0.3 is 10.2 Å². The SMILES string of the molecule is C[C@H](O/N=C\c1cccc(Cl)c1Cl)C(=O)Nc1ccccc1C#N. The lowest BCUT2D eigenvalue weighted by Crippen LogP contribution is -2.26. The summed E-state index contributed by atoms with van der Waals surface area (Å²) < 4.78 is 0. The summed E-state index contributed by atoms with van der Waals surface area (Å²) in [6.45, 7) is 1.54. The number of carbonyl (C=O) groups excluding carboxylic acids is 1. The van der Waals surface area contributed by atoms with Crippen LogP contribution in [0.3, 0.4) is 0 Å². The predicted octanol–water partition coefficient (Wildman–Crippen LogP) is 4.24. The Morgan fingerprint density at radius 3 is 2.79 bits per heavy atom. The van der Waals surface area contributed by atoms with Gasteiger partial charge in [0.2, 0.25) is 6.10 Å². The molecule has 0 saturated carbocycles. The van der Waals surface area contributed by atoms with Gasteiger partial charge in [0, 0.05) is 5.56 Å². The number of rotatable bonds is 5. The van der Waals surface area contributed by atoms with E-state index in [-0.39, 0.29) is 0 Å². The first-order valence-electron chi connectivity index (χ1n) is 6.96. The first kappa shape index (κ1) is 17.8. The van der Waals surface area contributed by atoms with Gasteiger partial charge in [-0.05, 0) is 25.1 Å². The molecule has 1 N–H and O–H groups in total. The van der Waals surface area contributed by atoms with Crippen molar-refractivity contribution in [3.63, 3.8) is 0 Å². The Morgan fingerprint density at radius 1 is 1.29 bits per heavy atom. The fraction of sp³-hybridized carbons (Fsp3) is 0.118. The van der Waals surface area contributed by atoms with Crippen LogP contribution in [0.2, 0.25) is 10.0 Å². The van der Waals surface area contributed by atoms with Crippen LogP contribution in [-0.4, -0.2) is 18.2 Å². The first-order valence-corrected chi connectivity index (χ1v) is 7.71. The average Bonchev–Trinajstić information content (AvgIpc) is 2.59. The second kappa shape index (κ2) is 8.34. The van der Waals surface area contributed by atoms with E-state index in [0.29, 0.717) is 26.9 Å². The number of halogens is 2. The minimum absolute atomic E-state index is 0.353. The van der Waals surface area contributed by atoms with E-state index >= 15 is 0 Å². The molecule has 2 aromatic rings. The van der Waals surface area contributed by atoms with Crippen molar-refractivity contribution < 1.29 is 9.63 Å². The van der Waals surface area contributed by atoms with Crippen LogP contribution < -0.4 is 5.32 Å². The molecule has 0 bridgehead atoms. The lowest BCUT2D eigenvalue weighted by Gasteiger charge is -2.11. The van der Waals surface area contributed by atoms with Crippen molar-refractivity contribution in [2.75, 3.05) is 5.32 Å². The zero-order valence-corrected chi connectivity index (χ0v) is 14.2. The highest BCUT2D eigenvalue weighted by Crippen LogP contribution is 2.24. The molecule has 122 valence electrons. The van der Waals surface area contributed by atoms with Gasteiger partial charge in [0.15, 0.2) is 0 Å². The number of oxime groups is 1. The van der Waals surface area contributed by atoms with Crippen molar-refractivity contribution >= 4 is 41.0 Å². The molecule has 7 heteroatoms. The molecule has 0 heterocycles. The molecule has 1 atom stereocenters. The van der Waals surface area contributed by atoms with Crippen LogP contribution in [-0.2, 0) is 9.63 Å². The van der Waals surface area contributed by atoms with Crippen molar-refractivity contribution in [1.29, 1.82) is 5.26 Å². The molecule has 0 aliphatic carbocycles. The second-order valence-electron chi connectivity index (χ2n) is 4.77. The van der Waals surface area contributed by atoms with Crippen molar-refractivity contribution in [3.05, 3.63) is 63.6 Å². The molecular weight excluding hydrogens is 349 g/mol. The maximum atomic E-state index is 12.1. The van der Waals surface area contributed by atoms with E-state index in [1.54, 1.807) is 49.4 Å². The van der Waals surface area contributed by atoms with Crippen LogP contribution in [0.4, 0.5) is 5.69 Å². The molecule has 24 heavy (non-hydrogen) atoms. The second-order valence-corrected chi connectivity index (χ2v) is 5.56. The van der Waals surface area contributed by atoms with Gasteiger partial charge in [-0.3, -0.25) is 4.79 Å². The molecule has 2 rings (SSSR count). The molecule has 0 aromatic heterocycles. The molecule has 0 fully saturated rings. The summed E-state index contributed by atoms with van der Waals surface area (Å²) in [5, 5.41) is 16.1. The van der Waals surface area contributed by atoms with E-state index in [1.165, 1.54) is 6.21 Å². The molecular formula is C17H13Cl2N3O2. The summed E-state index contributed by atoms with van der Waals surface area (Å²) in [5.74, 6) is -0.424. The van der Waals surface area contributed by atoms with Crippen LogP contribution in [0.15, 0.2) is 47.6 Å². The quantitative estimate of drug-likeness (QED) is 0.639. The Bertz CT molecular complexity index is 816. The van der Waals surface area contributed by atoms with E-state index in [1.807, 2.05) is 6.07 Å². The first-order chi connectivity index (χ1) is 11.5. The van der Waals surface area contributed by atoms with E-state index in [0.717, 1.165) is 0 Å². The van der Waals surface area contributed by atoms with Crippen molar-refractivity contribution in [3.8, 4) is 6.07 Å². The maximum Gasteiger partial charge on any atom is 0.268 e. The van der Waals surface area contributed by atoms with Crippen molar-refractivity contribution in [2.45, 2.75) is 13.0 Å². The highest BCUT2D eigenvalue weighted by molar-refractivity contribution is 6.43. The van der Waals surface area contributed by atoms with E-state index < -0.39 is 12.0 Å². The van der Waals surface area contributed by atoms with Crippen LogP contribution >= 0.6 is 23.2 Å². The van der Waals surface area contributed by atoms with Crippen LogP contribution in [0.25, 0.3) is 0 Å². The molecule has 5 nitrogen and oxygen atoms in total. The van der Waals surface area contributed by atoms with Gasteiger partial charge in [0.25, 0.3) is 5.91 Å². The molecule has 0 unspecified atom stereocenters. The number of amides is 1. The van der Waals surface area contributed by atoms with E-state index in [9.17, 15) is 4.79 Å². The molecule has 0 aliphatic heterocycles. The highest BCUT2D eigenvalue weighted by Gasteiger charge is 2.15. The monoisotopic (exact) mass is 361 g/mol. The minimum Gasteiger partial charge on any atom is -0.383 e. The fourth-order valence-corrected chi connectivity index (χ4v) is 2.13. The van der Waals surface area contributed by atoms with Gasteiger partial charge in [0.05, 0.1) is 27.5 Å². The van der Waals surface area contributed by atoms with Gasteiger partial charge in [-0.25, -0.2) is 0 Å². The molecule has 2 aromatic carbocycles. The van der Waals surface area contributed by atoms with Gasteiger partial charge in [-0.2, -0.15) is 5.26 Å². The molecule has 0 spiro atoms. The third-order valence-corrected chi connectivity index (χ3v) is 3.90. The van der Waals surface area contributed by atoms with E-state index in [4.69, 9.17) is 33.3 Å². The molecule has 0 aliphatic rings. The Labute approximate surface area is 149 Å². The summed E-state index contributed by atoms with van der Waals surface area (Å²) in [5.41, 5.74) is 1.36. The maximum absolute atomic E-state index is 12.1. The zero-order valence-electron chi connectivity index (χ0n) is 12.7. The van der Waals surface area contributed by atoms with Gasteiger partial charge in [-0.15, -0.1) is 0 Å². The topological polar surface area (TPSA) is 74.5 Å². The number of anilines is 1. The minimum atomic E-state index is -0.856. The fourth-order valence-electron chi connectivity index (χ4n) is 1.77. The lowest BCUT2D eigenvalue weighted by molar-refractivity contribution is -0.126. The number of nitrogens with one attached hydrogen (secondary N) is 1. The highest BCUT2D eigenvalue weighted by atomic mass is 35.5. The molecule has 0 saturated heterocycles. The third-order valence-electron chi connectivity index (χ3n) is 3.07. The third kappa shape index (κ3) is 4.48. The average molecular weight is 362 g/mol. The summed E-state index contributed by atoms with van der Waals surface area (Å²) in [4.78, 5) is 17.2. The van der Waals surface area contributed by atoms with Gasteiger partial charge >= 0.3 is 0 Å². The largest absolute Gasteiger partial charge is 0.383 e. The van der Waals surface area contributed by atoms with E-state index in [2.05, 4.69) is 10.5 Å². The van der Waals surface area contributed by atoms with Crippen LogP contribution in [0.1, 0.15) is 18.1 Å². The standard InChI is InChI=1S/C17H13Cl2N3O2/c1-11(17(23)22-15-8-3-2-5-12(15)9-20)24-21-10-13-6-4-7-14(18)16(13)19/h2-8,10-11H,1H3,(H,22,23)/b21-10-/t11-/m0/s1. The van der Waals surface area contributed by atoms with Gasteiger partial charge in [-0.1, -0.05) is 52.6 Å². The number of hydrogen-bond acceptors (Lipinski definition) is 4. The summed E-state index contributed by atoms with van der Waals surface area (Å²) in [7, 11) is 0. The summed E-state index contributed by atoms with van der Waals surface area (Å²) in [6.07, 6.45) is 0.521. The summed E-state index contributed by atoms with van der Waals surface area (Å²) >= 11 is 11.9. The van der Waals surface area contributed by atoms with Crippen molar-refractivity contribution in [2.24, 2.45) is 5.16 Å². The lowest BCUT2D eigenvalue weighted by atomic mass is 10.2. The Kier molecular flexibility index (Phi) is 6.19. The number of nitrogens with zero attached hydrogens (tertiary/aromatic N) is 2. The number of hydrogen-bond donors (Lipinski definition) is 1. The number of para-hydroxylation sites is 1. The molecule has 0 radical (unpaired) electrons. The predicted molar refractivity (Wildman–Crippen MR) is 94.4 cm³/mol. The number of carbonyl (C=O) groups is 1. The summed E-state index contributed by atoms with van der Waals surface area (Å²) in [6, 6.07) is 13.8. The van der Waals surface area contributed by atoms with Crippen LogP contribution in [0.5, 0.6) is 0 Å². The number of benzene rings is 2. The van der Waals surface area contributed by atoms with Crippen LogP contribution in [0, 0.1) is 11.3 Å². The smallest absolute Gasteiger partial charge is 0.268 e. The Balaban J connectivity index is 1.98.